The van der Waals surface area contributed by atoms with Crippen molar-refractivity contribution in [3.05, 3.63) is 15.6 Å². The molecule has 2 aliphatic heterocycles. The third-order valence-electron chi connectivity index (χ3n) is 4.20. The number of thiazole rings is 1. The number of nitrogens with zero attached hydrogens (tertiary/aromatic N) is 2. The Morgan fingerprint density at radius 3 is 3.06 bits per heavy atom. The molecule has 94 valence electrons. The molecule has 0 aromatic carbocycles. The summed E-state index contributed by atoms with van der Waals surface area (Å²) in [6.07, 6.45) is 2.76. The molecule has 0 aliphatic carbocycles. The molecule has 3 rings (SSSR count). The molecule has 1 N–H and O–H groups in total. The lowest BCUT2D eigenvalue weighted by molar-refractivity contribution is 0.117. The van der Waals surface area contributed by atoms with Crippen LogP contribution in [0.4, 0.5) is 0 Å². The Morgan fingerprint density at radius 1 is 1.41 bits per heavy atom. The number of hydrogen-bond donors (Lipinski definition) is 1. The minimum absolute atomic E-state index is 0.758. The number of fused-ring (bicyclic) bond motifs is 1. The summed E-state index contributed by atoms with van der Waals surface area (Å²) in [5, 5.41) is 4.84. The van der Waals surface area contributed by atoms with Crippen molar-refractivity contribution in [2.75, 3.05) is 19.6 Å². The highest BCUT2D eigenvalue weighted by atomic mass is 32.1. The quantitative estimate of drug-likeness (QED) is 0.871. The third-order valence-corrected chi connectivity index (χ3v) is 5.26. The maximum atomic E-state index is 4.67. The molecule has 1 aromatic rings. The topological polar surface area (TPSA) is 28.2 Å². The Bertz CT molecular complexity index is 382. The second-order valence-electron chi connectivity index (χ2n) is 5.35. The summed E-state index contributed by atoms with van der Waals surface area (Å²) >= 11 is 1.87. The SMILES string of the molecule is Cc1nc(CN2CCCC3CNCC32)sc1C. The number of aromatic nitrogens is 1. The van der Waals surface area contributed by atoms with Gasteiger partial charge < -0.3 is 5.32 Å². The van der Waals surface area contributed by atoms with Crippen molar-refractivity contribution in [3.8, 4) is 0 Å². The summed E-state index contributed by atoms with van der Waals surface area (Å²) in [6.45, 7) is 8.99. The Labute approximate surface area is 107 Å². The normalized spacial score (nSPS) is 29.5. The molecule has 0 bridgehead atoms. The van der Waals surface area contributed by atoms with E-state index in [0.717, 1.165) is 18.5 Å². The first-order valence-electron chi connectivity index (χ1n) is 6.61. The summed E-state index contributed by atoms with van der Waals surface area (Å²) in [4.78, 5) is 8.69. The molecule has 0 radical (unpaired) electrons. The Morgan fingerprint density at radius 2 is 2.29 bits per heavy atom. The van der Waals surface area contributed by atoms with Gasteiger partial charge in [-0.05, 0) is 45.7 Å². The smallest absolute Gasteiger partial charge is 0.107 e. The summed E-state index contributed by atoms with van der Waals surface area (Å²) in [7, 11) is 0. The molecule has 0 spiro atoms. The fourth-order valence-electron chi connectivity index (χ4n) is 3.14. The first kappa shape index (κ1) is 11.6. The van der Waals surface area contributed by atoms with E-state index in [9.17, 15) is 0 Å². The highest BCUT2D eigenvalue weighted by molar-refractivity contribution is 7.11. The van der Waals surface area contributed by atoms with Gasteiger partial charge in [-0.2, -0.15) is 0 Å². The van der Waals surface area contributed by atoms with E-state index in [-0.39, 0.29) is 0 Å². The van der Waals surface area contributed by atoms with E-state index in [1.807, 2.05) is 11.3 Å². The van der Waals surface area contributed by atoms with Crippen molar-refractivity contribution in [1.29, 1.82) is 0 Å². The van der Waals surface area contributed by atoms with Crippen LogP contribution in [0.2, 0.25) is 0 Å². The fourth-order valence-corrected chi connectivity index (χ4v) is 4.10. The predicted molar refractivity (Wildman–Crippen MR) is 71.4 cm³/mol. The molecule has 2 aliphatic rings. The molecule has 3 nitrogen and oxygen atoms in total. The Hall–Kier alpha value is -0.450. The first-order valence-corrected chi connectivity index (χ1v) is 7.43. The largest absolute Gasteiger partial charge is 0.315 e. The standard InChI is InChI=1S/C13H21N3S/c1-9-10(2)17-13(15-9)8-16-5-3-4-11-6-14-7-12(11)16/h11-12,14H,3-8H2,1-2H3. The molecule has 0 amide bonds. The van der Waals surface area contributed by atoms with Crippen LogP contribution in [-0.4, -0.2) is 35.6 Å². The molecule has 2 unspecified atom stereocenters. The minimum Gasteiger partial charge on any atom is -0.315 e. The highest BCUT2D eigenvalue weighted by Crippen LogP contribution is 2.28. The van der Waals surface area contributed by atoms with Crippen LogP contribution in [0.15, 0.2) is 0 Å². The van der Waals surface area contributed by atoms with Crippen LogP contribution in [0, 0.1) is 19.8 Å². The van der Waals surface area contributed by atoms with Crippen LogP contribution in [0.1, 0.15) is 28.4 Å². The van der Waals surface area contributed by atoms with Gasteiger partial charge in [-0.1, -0.05) is 0 Å². The molecule has 2 fully saturated rings. The average Bonchev–Trinajstić information content (AvgIpc) is 2.87. The average molecular weight is 251 g/mol. The predicted octanol–water partition coefficient (Wildman–Crippen LogP) is 1.94. The highest BCUT2D eigenvalue weighted by Gasteiger charge is 2.35. The van der Waals surface area contributed by atoms with Crippen molar-refractivity contribution in [2.24, 2.45) is 5.92 Å². The van der Waals surface area contributed by atoms with E-state index in [4.69, 9.17) is 0 Å². The number of piperidine rings is 1. The van der Waals surface area contributed by atoms with Crippen LogP contribution in [0.25, 0.3) is 0 Å². The van der Waals surface area contributed by atoms with Crippen molar-refractivity contribution in [2.45, 2.75) is 39.3 Å². The number of nitrogens with one attached hydrogen (secondary N) is 1. The zero-order chi connectivity index (χ0) is 11.8. The maximum absolute atomic E-state index is 4.67. The van der Waals surface area contributed by atoms with Gasteiger partial charge in [0.2, 0.25) is 0 Å². The second kappa shape index (κ2) is 4.67. The van der Waals surface area contributed by atoms with Gasteiger partial charge in [0.05, 0.1) is 12.2 Å². The van der Waals surface area contributed by atoms with E-state index in [0.29, 0.717) is 0 Å². The molecular formula is C13H21N3S. The second-order valence-corrected chi connectivity index (χ2v) is 6.64. The summed E-state index contributed by atoms with van der Waals surface area (Å²) < 4.78 is 0. The zero-order valence-corrected chi connectivity index (χ0v) is 11.5. The van der Waals surface area contributed by atoms with Gasteiger partial charge in [0.1, 0.15) is 5.01 Å². The van der Waals surface area contributed by atoms with Crippen LogP contribution in [0.3, 0.4) is 0 Å². The van der Waals surface area contributed by atoms with E-state index >= 15 is 0 Å². The molecular weight excluding hydrogens is 230 g/mol. The van der Waals surface area contributed by atoms with E-state index in [2.05, 4.69) is 29.0 Å². The molecule has 4 heteroatoms. The lowest BCUT2D eigenvalue weighted by Gasteiger charge is -2.36. The lowest BCUT2D eigenvalue weighted by atomic mass is 9.92. The van der Waals surface area contributed by atoms with Gasteiger partial charge in [0.15, 0.2) is 0 Å². The van der Waals surface area contributed by atoms with Gasteiger partial charge in [-0.15, -0.1) is 11.3 Å². The summed E-state index contributed by atoms with van der Waals surface area (Å²) in [6, 6.07) is 0.758. The van der Waals surface area contributed by atoms with Crippen molar-refractivity contribution in [3.63, 3.8) is 0 Å². The monoisotopic (exact) mass is 251 g/mol. The van der Waals surface area contributed by atoms with Crippen LogP contribution >= 0.6 is 11.3 Å². The first-order chi connectivity index (χ1) is 8.24. The van der Waals surface area contributed by atoms with E-state index in [1.54, 1.807) is 0 Å². The van der Waals surface area contributed by atoms with Crippen molar-refractivity contribution >= 4 is 11.3 Å². The van der Waals surface area contributed by atoms with E-state index < -0.39 is 0 Å². The fraction of sp³-hybridized carbons (Fsp3) is 0.769. The van der Waals surface area contributed by atoms with Gasteiger partial charge in [0.25, 0.3) is 0 Å². The van der Waals surface area contributed by atoms with Gasteiger partial charge in [-0.3, -0.25) is 4.90 Å². The maximum Gasteiger partial charge on any atom is 0.107 e. The van der Waals surface area contributed by atoms with Crippen molar-refractivity contribution in [1.82, 2.24) is 15.2 Å². The van der Waals surface area contributed by atoms with E-state index in [1.165, 1.54) is 48.1 Å². The molecule has 2 saturated heterocycles. The van der Waals surface area contributed by atoms with Gasteiger partial charge in [0, 0.05) is 17.5 Å². The zero-order valence-electron chi connectivity index (χ0n) is 10.7. The van der Waals surface area contributed by atoms with Gasteiger partial charge >= 0.3 is 0 Å². The number of likely N-dealkylation sites (tertiary alicyclic amines) is 1. The third kappa shape index (κ3) is 2.26. The molecule has 0 saturated carbocycles. The van der Waals surface area contributed by atoms with Gasteiger partial charge in [-0.25, -0.2) is 4.98 Å². The van der Waals surface area contributed by atoms with Crippen LogP contribution in [-0.2, 0) is 6.54 Å². The number of hydrogen-bond acceptors (Lipinski definition) is 4. The summed E-state index contributed by atoms with van der Waals surface area (Å²) in [5.41, 5.74) is 1.21. The number of aryl methyl sites for hydroxylation is 2. The Balaban J connectivity index is 1.71. The van der Waals surface area contributed by atoms with Crippen LogP contribution < -0.4 is 5.32 Å². The lowest BCUT2D eigenvalue weighted by Crippen LogP contribution is -2.44. The Kier molecular flexibility index (Phi) is 3.19. The number of rotatable bonds is 2. The minimum atomic E-state index is 0.758. The van der Waals surface area contributed by atoms with Crippen molar-refractivity contribution < 1.29 is 0 Å². The molecule has 2 atom stereocenters. The molecule has 3 heterocycles. The molecule has 17 heavy (non-hydrogen) atoms. The summed E-state index contributed by atoms with van der Waals surface area (Å²) in [5.74, 6) is 0.880. The molecule has 1 aromatic heterocycles. The van der Waals surface area contributed by atoms with Crippen LogP contribution in [0.5, 0.6) is 0 Å².